The third kappa shape index (κ3) is 3.21. The smallest absolute Gasteiger partial charge is 0.163 e. The van der Waals surface area contributed by atoms with Crippen LogP contribution in [0.3, 0.4) is 0 Å². The monoisotopic (exact) mass is 455 g/mol. The number of benzene rings is 1. The molecule has 1 atom stereocenters. The summed E-state index contributed by atoms with van der Waals surface area (Å²) in [6.45, 7) is 5.55. The van der Waals surface area contributed by atoms with Gasteiger partial charge in [0.25, 0.3) is 0 Å². The number of nitrogens with zero attached hydrogens (tertiary/aromatic N) is 4. The number of hydrogen-bond acceptors (Lipinski definition) is 5. The lowest BCUT2D eigenvalue weighted by Crippen LogP contribution is -2.47. The van der Waals surface area contributed by atoms with E-state index < -0.39 is 0 Å². The molecule has 3 aromatic heterocycles. The summed E-state index contributed by atoms with van der Waals surface area (Å²) < 4.78 is 21.7. The first kappa shape index (κ1) is 18.6. The molecule has 1 saturated heterocycles. The van der Waals surface area contributed by atoms with Crippen LogP contribution < -0.4 is 5.32 Å². The van der Waals surface area contributed by atoms with E-state index >= 15 is 0 Å². The summed E-state index contributed by atoms with van der Waals surface area (Å²) in [4.78, 5) is 9.40. The van der Waals surface area contributed by atoms with Crippen LogP contribution in [0.4, 0.5) is 4.39 Å². The normalized spacial score (nSPS) is 15.7. The Morgan fingerprint density at radius 3 is 2.86 bits per heavy atom. The average molecular weight is 456 g/mol. The Hall–Kier alpha value is -2.42. The molecule has 4 aromatic rings. The molecule has 1 aliphatic heterocycles. The average Bonchev–Trinajstić information content (AvgIpc) is 3.10. The van der Waals surface area contributed by atoms with Gasteiger partial charge in [-0.05, 0) is 54.0 Å². The number of pyridine rings is 1. The summed E-state index contributed by atoms with van der Waals surface area (Å²) in [5.74, 6) is -0.281. The van der Waals surface area contributed by atoms with Gasteiger partial charge in [-0.25, -0.2) is 13.9 Å². The molecule has 5 rings (SSSR count). The molecule has 0 saturated carbocycles. The largest absolute Gasteiger partial charge is 0.378 e. The van der Waals surface area contributed by atoms with Gasteiger partial charge >= 0.3 is 0 Å². The van der Waals surface area contributed by atoms with Crippen molar-refractivity contribution in [3.63, 3.8) is 0 Å². The Labute approximate surface area is 175 Å². The van der Waals surface area contributed by atoms with Crippen molar-refractivity contribution in [2.24, 2.45) is 0 Å². The predicted octanol–water partition coefficient (Wildman–Crippen LogP) is 4.20. The Kier molecular flexibility index (Phi) is 4.57. The van der Waals surface area contributed by atoms with Crippen molar-refractivity contribution >= 4 is 32.5 Å². The molecule has 1 fully saturated rings. The quantitative estimate of drug-likeness (QED) is 0.499. The van der Waals surface area contributed by atoms with Crippen molar-refractivity contribution in [3.05, 3.63) is 58.3 Å². The van der Waals surface area contributed by atoms with E-state index in [4.69, 9.17) is 9.72 Å². The van der Waals surface area contributed by atoms with Gasteiger partial charge in [-0.1, -0.05) is 0 Å². The fourth-order valence-corrected chi connectivity index (χ4v) is 4.24. The van der Waals surface area contributed by atoms with Gasteiger partial charge in [0.15, 0.2) is 5.65 Å². The van der Waals surface area contributed by atoms with Gasteiger partial charge in [0.05, 0.1) is 46.8 Å². The molecule has 1 aromatic carbocycles. The summed E-state index contributed by atoms with van der Waals surface area (Å²) in [7, 11) is 0. The molecule has 0 bridgehead atoms. The Balaban J connectivity index is 1.63. The van der Waals surface area contributed by atoms with E-state index in [0.29, 0.717) is 6.04 Å². The van der Waals surface area contributed by atoms with Crippen LogP contribution in [0.25, 0.3) is 27.7 Å². The van der Waals surface area contributed by atoms with Crippen LogP contribution in [0.5, 0.6) is 0 Å². The summed E-state index contributed by atoms with van der Waals surface area (Å²) in [6, 6.07) is 6.91. The van der Waals surface area contributed by atoms with Gasteiger partial charge in [-0.3, -0.25) is 4.98 Å². The minimum atomic E-state index is -0.281. The zero-order valence-corrected chi connectivity index (χ0v) is 17.6. The molecule has 0 aliphatic carbocycles. The third-order valence-corrected chi connectivity index (χ3v) is 6.30. The van der Waals surface area contributed by atoms with Crippen molar-refractivity contribution in [2.75, 3.05) is 13.2 Å². The maximum Gasteiger partial charge on any atom is 0.163 e. The minimum Gasteiger partial charge on any atom is -0.378 e. The van der Waals surface area contributed by atoms with Crippen molar-refractivity contribution in [1.82, 2.24) is 24.9 Å². The lowest BCUT2D eigenvalue weighted by atomic mass is 10.1. The van der Waals surface area contributed by atoms with E-state index in [1.54, 1.807) is 18.5 Å². The molecule has 4 heterocycles. The summed E-state index contributed by atoms with van der Waals surface area (Å²) in [5.41, 5.74) is 5.10. The van der Waals surface area contributed by atoms with Crippen molar-refractivity contribution in [1.29, 1.82) is 0 Å². The van der Waals surface area contributed by atoms with Crippen molar-refractivity contribution in [2.45, 2.75) is 25.9 Å². The number of rotatable bonds is 4. The number of aryl methyl sites for hydroxylation is 1. The van der Waals surface area contributed by atoms with E-state index in [0.717, 1.165) is 56.8 Å². The van der Waals surface area contributed by atoms with E-state index in [-0.39, 0.29) is 11.9 Å². The SMILES string of the molecule is Cc1c(Br)c(C(C)NC2COC2)nc2c(-c3cnc4ccc(F)cc4c3)cnn12. The zero-order valence-electron chi connectivity index (χ0n) is 16.0. The van der Waals surface area contributed by atoms with Gasteiger partial charge in [0.1, 0.15) is 5.82 Å². The maximum absolute atomic E-state index is 13.7. The molecule has 0 radical (unpaired) electrons. The second-order valence-corrected chi connectivity index (χ2v) is 8.17. The molecule has 1 unspecified atom stereocenters. The summed E-state index contributed by atoms with van der Waals surface area (Å²) >= 11 is 3.69. The van der Waals surface area contributed by atoms with Crippen LogP contribution in [0.15, 0.2) is 41.1 Å². The Morgan fingerprint density at radius 1 is 1.28 bits per heavy atom. The lowest BCUT2D eigenvalue weighted by molar-refractivity contribution is -0.00946. The van der Waals surface area contributed by atoms with E-state index in [1.165, 1.54) is 12.1 Å². The van der Waals surface area contributed by atoms with E-state index in [2.05, 4.69) is 38.3 Å². The highest BCUT2D eigenvalue weighted by Gasteiger charge is 2.24. The fraction of sp³-hybridized carbons (Fsp3) is 0.286. The first-order chi connectivity index (χ1) is 14.0. The second-order valence-electron chi connectivity index (χ2n) is 7.37. The first-order valence-electron chi connectivity index (χ1n) is 9.44. The highest BCUT2D eigenvalue weighted by molar-refractivity contribution is 9.10. The van der Waals surface area contributed by atoms with E-state index in [1.807, 2.05) is 17.5 Å². The second kappa shape index (κ2) is 7.12. The number of aromatic nitrogens is 4. The zero-order chi connectivity index (χ0) is 20.1. The molecule has 0 spiro atoms. The number of nitrogens with one attached hydrogen (secondary N) is 1. The summed E-state index contributed by atoms with van der Waals surface area (Å²) in [6.07, 6.45) is 3.56. The standard InChI is InChI=1S/C21H19BrFN5O/c1-11(26-16-9-29-10-16)20-19(22)12(2)28-21(27-20)17(8-25-28)14-5-13-6-15(23)3-4-18(13)24-7-14/h3-8,11,16,26H,9-10H2,1-2H3. The molecular weight excluding hydrogens is 437 g/mol. The van der Waals surface area contributed by atoms with Crippen LogP contribution in [-0.4, -0.2) is 38.8 Å². The fourth-order valence-electron chi connectivity index (χ4n) is 3.64. The van der Waals surface area contributed by atoms with Crippen LogP contribution >= 0.6 is 15.9 Å². The molecule has 8 heteroatoms. The van der Waals surface area contributed by atoms with Crippen LogP contribution in [0.2, 0.25) is 0 Å². The summed E-state index contributed by atoms with van der Waals surface area (Å²) in [5, 5.41) is 8.82. The first-order valence-corrected chi connectivity index (χ1v) is 10.2. The van der Waals surface area contributed by atoms with Gasteiger partial charge in [-0.2, -0.15) is 5.10 Å². The topological polar surface area (TPSA) is 64.3 Å². The van der Waals surface area contributed by atoms with Gasteiger partial charge < -0.3 is 10.1 Å². The molecule has 148 valence electrons. The van der Waals surface area contributed by atoms with Crippen LogP contribution in [0, 0.1) is 12.7 Å². The van der Waals surface area contributed by atoms with Crippen LogP contribution in [-0.2, 0) is 4.74 Å². The third-order valence-electron chi connectivity index (χ3n) is 5.32. The van der Waals surface area contributed by atoms with Crippen LogP contribution in [0.1, 0.15) is 24.4 Å². The highest BCUT2D eigenvalue weighted by Crippen LogP contribution is 2.31. The number of ether oxygens (including phenoxy) is 1. The van der Waals surface area contributed by atoms with Gasteiger partial charge in [-0.15, -0.1) is 0 Å². The molecule has 0 amide bonds. The molecule has 1 aliphatic rings. The predicted molar refractivity (Wildman–Crippen MR) is 112 cm³/mol. The highest BCUT2D eigenvalue weighted by atomic mass is 79.9. The van der Waals surface area contributed by atoms with E-state index in [9.17, 15) is 4.39 Å². The number of fused-ring (bicyclic) bond motifs is 2. The van der Waals surface area contributed by atoms with Crippen molar-refractivity contribution in [3.8, 4) is 11.1 Å². The molecular formula is C21H19BrFN5O. The minimum absolute atomic E-state index is 0.0496. The maximum atomic E-state index is 13.7. The Bertz CT molecular complexity index is 1240. The molecule has 1 N–H and O–H groups in total. The van der Waals surface area contributed by atoms with Crippen molar-refractivity contribution < 1.29 is 9.13 Å². The number of hydrogen-bond donors (Lipinski definition) is 1. The molecule has 29 heavy (non-hydrogen) atoms. The lowest BCUT2D eigenvalue weighted by Gasteiger charge is -2.30. The van der Waals surface area contributed by atoms with Gasteiger partial charge in [0.2, 0.25) is 0 Å². The Morgan fingerprint density at radius 2 is 2.10 bits per heavy atom. The number of halogens is 2. The van der Waals surface area contributed by atoms with Gasteiger partial charge in [0, 0.05) is 28.8 Å². The molecule has 6 nitrogen and oxygen atoms in total.